The number of ether oxygens (including phenoxy) is 3. The maximum absolute atomic E-state index is 12.5. The summed E-state index contributed by atoms with van der Waals surface area (Å²) in [6, 6.07) is 12.4. The average molecular weight is 456 g/mol. The number of methoxy groups -OCH3 is 1. The van der Waals surface area contributed by atoms with Gasteiger partial charge in [0.25, 0.3) is 0 Å². The van der Waals surface area contributed by atoms with Crippen LogP contribution in [0, 0.1) is 0 Å². The predicted molar refractivity (Wildman–Crippen MR) is 129 cm³/mol. The maximum atomic E-state index is 12.5. The van der Waals surface area contributed by atoms with Crippen molar-refractivity contribution in [1.82, 2.24) is 10.7 Å². The van der Waals surface area contributed by atoms with E-state index in [1.165, 1.54) is 19.3 Å². The second kappa shape index (κ2) is 12.0. The highest BCUT2D eigenvalue weighted by Crippen LogP contribution is 2.29. The first-order valence-electron chi connectivity index (χ1n) is 10.8. The number of nitrogens with zero attached hydrogens (tertiary/aromatic N) is 1. The summed E-state index contributed by atoms with van der Waals surface area (Å²) in [7, 11) is 1.57. The van der Waals surface area contributed by atoms with Crippen LogP contribution < -0.4 is 25.0 Å². The lowest BCUT2D eigenvalue weighted by Crippen LogP contribution is -2.40. The van der Waals surface area contributed by atoms with Crippen LogP contribution in [0.1, 0.15) is 54.9 Å². The molecule has 170 valence electrons. The fraction of sp³-hybridized carbons (Fsp3) is 0.375. The molecule has 1 fully saturated rings. The van der Waals surface area contributed by atoms with Crippen molar-refractivity contribution >= 4 is 29.5 Å². The third-order valence-corrected chi connectivity index (χ3v) is 5.33. The van der Waals surface area contributed by atoms with E-state index >= 15 is 0 Å². The Morgan fingerprint density at radius 1 is 1.12 bits per heavy atom. The minimum Gasteiger partial charge on any atom is -0.497 e. The topological polar surface area (TPSA) is 81.2 Å². The maximum Gasteiger partial charge on any atom is 0.343 e. The molecule has 32 heavy (non-hydrogen) atoms. The Morgan fingerprint density at radius 2 is 1.88 bits per heavy atom. The van der Waals surface area contributed by atoms with Gasteiger partial charge in [0.1, 0.15) is 5.75 Å². The average Bonchev–Trinajstić information content (AvgIpc) is 2.81. The molecule has 1 aliphatic carbocycles. The van der Waals surface area contributed by atoms with E-state index in [0.717, 1.165) is 18.4 Å². The Hall–Kier alpha value is -3.13. The van der Waals surface area contributed by atoms with Crippen molar-refractivity contribution in [3.05, 3.63) is 53.6 Å². The van der Waals surface area contributed by atoms with E-state index in [4.69, 9.17) is 26.4 Å². The number of benzene rings is 2. The lowest BCUT2D eigenvalue weighted by atomic mass is 9.96. The van der Waals surface area contributed by atoms with Gasteiger partial charge >= 0.3 is 5.97 Å². The number of hydrogen-bond donors (Lipinski definition) is 2. The summed E-state index contributed by atoms with van der Waals surface area (Å²) in [5.41, 5.74) is 4.06. The number of carbonyl (C=O) groups is 1. The standard InChI is InChI=1S/C24H29N3O4S/c1-3-30-22-15-17(16-25-27-24(32)26-19-7-5-4-6-8-19)9-14-21(22)31-23(28)18-10-12-20(29-2)13-11-18/h9-16,19H,3-8H2,1-2H3,(H2,26,27,32)/b25-16+. The number of thiocarbonyl (C=S) groups is 1. The van der Waals surface area contributed by atoms with Crippen molar-refractivity contribution in [2.24, 2.45) is 5.10 Å². The Morgan fingerprint density at radius 3 is 2.56 bits per heavy atom. The van der Waals surface area contributed by atoms with Crippen LogP contribution in [0.25, 0.3) is 0 Å². The Kier molecular flexibility index (Phi) is 8.86. The Balaban J connectivity index is 1.60. The van der Waals surface area contributed by atoms with Crippen molar-refractivity contribution in [3.63, 3.8) is 0 Å². The van der Waals surface area contributed by atoms with Crippen molar-refractivity contribution in [1.29, 1.82) is 0 Å². The third-order valence-electron chi connectivity index (χ3n) is 5.12. The molecule has 1 saturated carbocycles. The lowest BCUT2D eigenvalue weighted by molar-refractivity contribution is 0.0728. The molecule has 0 bridgehead atoms. The van der Waals surface area contributed by atoms with Gasteiger partial charge in [-0.05, 0) is 80.0 Å². The highest BCUT2D eigenvalue weighted by Gasteiger charge is 2.14. The summed E-state index contributed by atoms with van der Waals surface area (Å²) >= 11 is 5.32. The molecule has 2 aromatic rings. The van der Waals surface area contributed by atoms with Gasteiger partial charge in [0, 0.05) is 6.04 Å². The van der Waals surface area contributed by atoms with Gasteiger partial charge in [-0.25, -0.2) is 4.79 Å². The zero-order valence-electron chi connectivity index (χ0n) is 18.4. The molecule has 8 heteroatoms. The summed E-state index contributed by atoms with van der Waals surface area (Å²) in [6.07, 6.45) is 7.69. The quantitative estimate of drug-likeness (QED) is 0.200. The number of rotatable bonds is 8. The van der Waals surface area contributed by atoms with Gasteiger partial charge in [0.15, 0.2) is 16.6 Å². The molecule has 2 N–H and O–H groups in total. The summed E-state index contributed by atoms with van der Waals surface area (Å²) in [5.74, 6) is 0.992. The van der Waals surface area contributed by atoms with Gasteiger partial charge in [-0.2, -0.15) is 5.10 Å². The molecule has 3 rings (SSSR count). The van der Waals surface area contributed by atoms with Crippen molar-refractivity contribution in [3.8, 4) is 17.2 Å². The van der Waals surface area contributed by atoms with Gasteiger partial charge in [-0.3, -0.25) is 5.43 Å². The van der Waals surface area contributed by atoms with Crippen molar-refractivity contribution in [2.75, 3.05) is 13.7 Å². The highest BCUT2D eigenvalue weighted by molar-refractivity contribution is 7.80. The van der Waals surface area contributed by atoms with E-state index < -0.39 is 5.97 Å². The molecular formula is C24H29N3O4S. The lowest BCUT2D eigenvalue weighted by Gasteiger charge is -2.23. The number of hydrazone groups is 1. The van der Waals surface area contributed by atoms with E-state index in [-0.39, 0.29) is 0 Å². The minimum atomic E-state index is -0.476. The van der Waals surface area contributed by atoms with Gasteiger partial charge < -0.3 is 19.5 Å². The fourth-order valence-corrected chi connectivity index (χ4v) is 3.69. The molecule has 0 spiro atoms. The first-order chi connectivity index (χ1) is 15.6. The highest BCUT2D eigenvalue weighted by atomic mass is 32.1. The first-order valence-corrected chi connectivity index (χ1v) is 11.2. The molecule has 1 aliphatic rings. The molecule has 0 aromatic heterocycles. The predicted octanol–water partition coefficient (Wildman–Crippen LogP) is 4.44. The molecular weight excluding hydrogens is 426 g/mol. The van der Waals surface area contributed by atoms with E-state index in [9.17, 15) is 4.79 Å². The van der Waals surface area contributed by atoms with Crippen LogP contribution in [0.15, 0.2) is 47.6 Å². The molecule has 0 atom stereocenters. The molecule has 0 saturated heterocycles. The molecule has 0 heterocycles. The molecule has 7 nitrogen and oxygen atoms in total. The summed E-state index contributed by atoms with van der Waals surface area (Å²) in [5, 5.41) is 8.03. The number of esters is 1. The molecule has 0 aliphatic heterocycles. The summed E-state index contributed by atoms with van der Waals surface area (Å²) < 4.78 is 16.3. The van der Waals surface area contributed by atoms with Crippen molar-refractivity contribution < 1.29 is 19.0 Å². The van der Waals surface area contributed by atoms with E-state index in [2.05, 4.69) is 15.8 Å². The molecule has 0 amide bonds. The largest absolute Gasteiger partial charge is 0.497 e. The van der Waals surface area contributed by atoms with Crippen LogP contribution in [-0.2, 0) is 0 Å². The zero-order chi connectivity index (χ0) is 22.8. The summed E-state index contributed by atoms with van der Waals surface area (Å²) in [6.45, 7) is 2.30. The molecule has 0 radical (unpaired) electrons. The van der Waals surface area contributed by atoms with E-state index in [0.29, 0.717) is 40.6 Å². The zero-order valence-corrected chi connectivity index (χ0v) is 19.2. The second-order valence-corrected chi connectivity index (χ2v) is 7.84. The number of carbonyl (C=O) groups excluding carboxylic acids is 1. The Bertz CT molecular complexity index is 941. The van der Waals surface area contributed by atoms with Crippen LogP contribution in [0.5, 0.6) is 17.2 Å². The molecule has 0 unspecified atom stereocenters. The first kappa shape index (κ1) is 23.5. The van der Waals surface area contributed by atoms with Crippen LogP contribution >= 0.6 is 12.2 Å². The smallest absolute Gasteiger partial charge is 0.343 e. The molecule has 2 aromatic carbocycles. The summed E-state index contributed by atoms with van der Waals surface area (Å²) in [4.78, 5) is 12.5. The van der Waals surface area contributed by atoms with Crippen LogP contribution in [-0.4, -0.2) is 37.1 Å². The van der Waals surface area contributed by atoms with E-state index in [1.54, 1.807) is 55.8 Å². The van der Waals surface area contributed by atoms with Crippen molar-refractivity contribution in [2.45, 2.75) is 45.1 Å². The monoisotopic (exact) mass is 455 g/mol. The van der Waals surface area contributed by atoms with Crippen LogP contribution in [0.2, 0.25) is 0 Å². The SMILES string of the molecule is CCOc1cc(/C=N/NC(=S)NC2CCCCC2)ccc1OC(=O)c1ccc(OC)cc1. The fourth-order valence-electron chi connectivity index (χ4n) is 3.47. The Labute approximate surface area is 194 Å². The minimum absolute atomic E-state index is 0.340. The van der Waals surface area contributed by atoms with Crippen LogP contribution in [0.4, 0.5) is 0 Å². The van der Waals surface area contributed by atoms with Gasteiger partial charge in [-0.15, -0.1) is 0 Å². The van der Waals surface area contributed by atoms with Crippen LogP contribution in [0.3, 0.4) is 0 Å². The third kappa shape index (κ3) is 6.95. The van der Waals surface area contributed by atoms with Gasteiger partial charge in [-0.1, -0.05) is 19.3 Å². The number of hydrogen-bond acceptors (Lipinski definition) is 6. The van der Waals surface area contributed by atoms with Gasteiger partial charge in [0.2, 0.25) is 0 Å². The second-order valence-electron chi connectivity index (χ2n) is 7.44. The number of nitrogens with one attached hydrogen (secondary N) is 2. The normalized spacial score (nSPS) is 14.1. The van der Waals surface area contributed by atoms with Gasteiger partial charge in [0.05, 0.1) is 25.5 Å². The van der Waals surface area contributed by atoms with E-state index in [1.807, 2.05) is 6.92 Å².